The standard InChI is InChI=1S/C52H26N4/c53-27-29-23-30(28-54)48(56-46-22-8-6-16-36(46)44-25-42-34-14-4-2-12-32(34)38-18-10-20-40(50(38)42)52(44)56)26-47(29)55-45-21-7-5-15-35(45)43-24-41-33-13-3-1-11-31(33)37-17-9-19-39(49(37)41)51(43)55/h1-26H. The second kappa shape index (κ2) is 10.4. The van der Waals surface area contributed by atoms with Gasteiger partial charge in [0.05, 0.1) is 44.6 Å². The van der Waals surface area contributed by atoms with Crippen molar-refractivity contribution in [1.82, 2.24) is 9.13 Å². The van der Waals surface area contributed by atoms with Gasteiger partial charge in [0.2, 0.25) is 0 Å². The van der Waals surface area contributed by atoms with Gasteiger partial charge >= 0.3 is 0 Å². The van der Waals surface area contributed by atoms with E-state index in [4.69, 9.17) is 0 Å². The summed E-state index contributed by atoms with van der Waals surface area (Å²) in [6.07, 6.45) is 0. The third-order valence-electron chi connectivity index (χ3n) is 12.4. The summed E-state index contributed by atoms with van der Waals surface area (Å²) in [6.45, 7) is 0. The molecule has 2 aliphatic rings. The Labute approximate surface area is 320 Å². The first-order valence-corrected chi connectivity index (χ1v) is 18.9. The van der Waals surface area contributed by atoms with E-state index in [0.29, 0.717) is 11.1 Å². The van der Waals surface area contributed by atoms with Crippen LogP contribution in [0.25, 0.3) is 121 Å². The van der Waals surface area contributed by atoms with Gasteiger partial charge in [0.15, 0.2) is 0 Å². The van der Waals surface area contributed by atoms with Crippen molar-refractivity contribution in [3.8, 4) is 68.0 Å². The predicted molar refractivity (Wildman–Crippen MR) is 228 cm³/mol. The molecule has 13 rings (SSSR count). The van der Waals surface area contributed by atoms with Crippen LogP contribution in [0.4, 0.5) is 0 Å². The summed E-state index contributed by atoms with van der Waals surface area (Å²) in [4.78, 5) is 0. The van der Waals surface area contributed by atoms with Gasteiger partial charge in [0, 0.05) is 32.3 Å². The van der Waals surface area contributed by atoms with E-state index in [1.165, 1.54) is 55.3 Å². The molecule has 0 saturated carbocycles. The van der Waals surface area contributed by atoms with E-state index in [1.807, 2.05) is 0 Å². The maximum atomic E-state index is 10.9. The van der Waals surface area contributed by atoms with Gasteiger partial charge < -0.3 is 9.13 Å². The van der Waals surface area contributed by atoms with Crippen molar-refractivity contribution >= 4 is 65.2 Å². The SMILES string of the molecule is N#Cc1cc(C#N)c(-n2c3ccccc3c3cc4c5c(cccc5c32)-c2ccccc2-4)cc1-n1c2ccccc2c2cc3c4c(cccc4c21)-c1ccccc1-3. The van der Waals surface area contributed by atoms with E-state index in [1.54, 1.807) is 6.07 Å². The van der Waals surface area contributed by atoms with Crippen molar-refractivity contribution in [2.45, 2.75) is 0 Å². The number of nitrogens with zero attached hydrogens (tertiary/aromatic N) is 4. The molecule has 254 valence electrons. The summed E-state index contributed by atoms with van der Waals surface area (Å²) in [5, 5.41) is 31.0. The van der Waals surface area contributed by atoms with Crippen LogP contribution in [0.15, 0.2) is 158 Å². The van der Waals surface area contributed by atoms with Crippen LogP contribution in [-0.2, 0) is 0 Å². The largest absolute Gasteiger partial charge is 0.307 e. The van der Waals surface area contributed by atoms with Crippen LogP contribution in [0.3, 0.4) is 0 Å². The molecule has 0 saturated heterocycles. The first kappa shape index (κ1) is 29.5. The molecule has 0 fully saturated rings. The average Bonchev–Trinajstić information content (AvgIpc) is 3.98. The molecular formula is C52H26N4. The molecule has 4 heteroatoms. The lowest BCUT2D eigenvalue weighted by atomic mass is 9.99. The zero-order valence-corrected chi connectivity index (χ0v) is 29.8. The number of hydrogen-bond acceptors (Lipinski definition) is 2. The van der Waals surface area contributed by atoms with Crippen molar-refractivity contribution in [3.63, 3.8) is 0 Å². The third-order valence-corrected chi connectivity index (χ3v) is 12.4. The van der Waals surface area contributed by atoms with Gasteiger partial charge in [-0.1, -0.05) is 121 Å². The molecule has 0 bridgehead atoms. The second-order valence-corrected chi connectivity index (χ2v) is 15.0. The van der Waals surface area contributed by atoms with E-state index in [-0.39, 0.29) is 0 Å². The Morgan fingerprint density at radius 3 is 1.14 bits per heavy atom. The van der Waals surface area contributed by atoms with Crippen LogP contribution in [0, 0.1) is 22.7 Å². The van der Waals surface area contributed by atoms with Crippen molar-refractivity contribution in [2.24, 2.45) is 0 Å². The summed E-state index contributed by atoms with van der Waals surface area (Å²) in [5.74, 6) is 0. The minimum Gasteiger partial charge on any atom is -0.307 e. The number of hydrogen-bond donors (Lipinski definition) is 0. The minimum absolute atomic E-state index is 0.447. The second-order valence-electron chi connectivity index (χ2n) is 15.0. The van der Waals surface area contributed by atoms with Crippen LogP contribution >= 0.6 is 0 Å². The summed E-state index contributed by atoms with van der Waals surface area (Å²) < 4.78 is 4.54. The molecule has 0 amide bonds. The zero-order valence-electron chi connectivity index (χ0n) is 29.8. The highest BCUT2D eigenvalue weighted by molar-refractivity contribution is 6.29. The van der Waals surface area contributed by atoms with Crippen molar-refractivity contribution in [2.75, 3.05) is 0 Å². The molecule has 0 radical (unpaired) electrons. The van der Waals surface area contributed by atoms with E-state index in [2.05, 4.69) is 173 Å². The summed E-state index contributed by atoms with van der Waals surface area (Å²) in [6, 6.07) is 61.0. The van der Waals surface area contributed by atoms with E-state index < -0.39 is 0 Å². The number of para-hydroxylation sites is 2. The summed E-state index contributed by atoms with van der Waals surface area (Å²) >= 11 is 0. The molecule has 2 aliphatic carbocycles. The van der Waals surface area contributed by atoms with Gasteiger partial charge in [-0.2, -0.15) is 10.5 Å². The fourth-order valence-corrected chi connectivity index (χ4v) is 10.3. The Balaban J connectivity index is 1.19. The van der Waals surface area contributed by atoms with E-state index in [9.17, 15) is 10.5 Å². The molecule has 11 aromatic rings. The minimum atomic E-state index is 0.447. The Bertz CT molecular complexity index is 3490. The van der Waals surface area contributed by atoms with Crippen LogP contribution in [0.2, 0.25) is 0 Å². The molecule has 56 heavy (non-hydrogen) atoms. The lowest BCUT2D eigenvalue weighted by Gasteiger charge is -2.17. The molecular weight excluding hydrogens is 681 g/mol. The normalized spacial score (nSPS) is 12.2. The number of rotatable bonds is 2. The van der Waals surface area contributed by atoms with E-state index in [0.717, 1.165) is 65.8 Å². The van der Waals surface area contributed by atoms with Crippen molar-refractivity contribution < 1.29 is 0 Å². The quantitative estimate of drug-likeness (QED) is 0.180. The maximum absolute atomic E-state index is 10.9. The van der Waals surface area contributed by atoms with Gasteiger partial charge in [-0.3, -0.25) is 0 Å². The molecule has 2 aromatic heterocycles. The molecule has 0 N–H and O–H groups in total. The fraction of sp³-hybridized carbons (Fsp3) is 0. The lowest BCUT2D eigenvalue weighted by molar-refractivity contribution is 1.12. The smallest absolute Gasteiger partial charge is 0.101 e. The van der Waals surface area contributed by atoms with Gasteiger partial charge in [-0.05, 0) is 91.7 Å². The van der Waals surface area contributed by atoms with E-state index >= 15 is 0 Å². The lowest BCUT2D eigenvalue weighted by Crippen LogP contribution is -2.05. The number of nitriles is 2. The average molecular weight is 707 g/mol. The Kier molecular flexibility index (Phi) is 5.48. The van der Waals surface area contributed by atoms with Gasteiger partial charge in [-0.15, -0.1) is 0 Å². The van der Waals surface area contributed by atoms with Gasteiger partial charge in [0.25, 0.3) is 0 Å². The molecule has 4 nitrogen and oxygen atoms in total. The Hall–Kier alpha value is -7.92. The third kappa shape index (κ3) is 3.48. The molecule has 9 aromatic carbocycles. The highest BCUT2D eigenvalue weighted by Crippen LogP contribution is 2.53. The molecule has 0 aliphatic heterocycles. The first-order valence-electron chi connectivity index (χ1n) is 18.9. The van der Waals surface area contributed by atoms with Crippen LogP contribution in [0.5, 0.6) is 0 Å². The topological polar surface area (TPSA) is 57.4 Å². The number of benzene rings is 9. The van der Waals surface area contributed by atoms with Crippen LogP contribution in [-0.4, -0.2) is 9.13 Å². The Morgan fingerprint density at radius 2 is 0.696 bits per heavy atom. The molecule has 2 heterocycles. The van der Waals surface area contributed by atoms with Crippen LogP contribution < -0.4 is 0 Å². The van der Waals surface area contributed by atoms with Gasteiger partial charge in [0.1, 0.15) is 12.1 Å². The maximum Gasteiger partial charge on any atom is 0.101 e. The van der Waals surface area contributed by atoms with Crippen molar-refractivity contribution in [3.05, 3.63) is 169 Å². The van der Waals surface area contributed by atoms with Crippen LogP contribution in [0.1, 0.15) is 11.1 Å². The predicted octanol–water partition coefficient (Wildman–Crippen LogP) is 13.2. The van der Waals surface area contributed by atoms with Gasteiger partial charge in [-0.25, -0.2) is 0 Å². The highest BCUT2D eigenvalue weighted by atomic mass is 15.0. The zero-order chi connectivity index (χ0) is 36.8. The highest BCUT2D eigenvalue weighted by Gasteiger charge is 2.29. The molecule has 0 spiro atoms. The number of aromatic nitrogens is 2. The summed E-state index contributed by atoms with van der Waals surface area (Å²) in [5.41, 5.74) is 16.4. The molecule has 0 atom stereocenters. The first-order chi connectivity index (χ1) is 27.7. The number of fused-ring (bicyclic) bond motifs is 14. The monoisotopic (exact) mass is 706 g/mol. The van der Waals surface area contributed by atoms with Crippen molar-refractivity contribution in [1.29, 1.82) is 10.5 Å². The summed E-state index contributed by atoms with van der Waals surface area (Å²) in [7, 11) is 0. The molecule has 0 unspecified atom stereocenters. The Morgan fingerprint density at radius 1 is 0.321 bits per heavy atom. The fourth-order valence-electron chi connectivity index (χ4n) is 10.3.